The van der Waals surface area contributed by atoms with Crippen LogP contribution in [0.4, 0.5) is 0 Å². The molecule has 1 amide bonds. The van der Waals surface area contributed by atoms with Crippen molar-refractivity contribution in [1.29, 1.82) is 0 Å². The molecule has 3 aliphatic rings. The fourth-order valence-electron chi connectivity index (χ4n) is 5.17. The summed E-state index contributed by atoms with van der Waals surface area (Å²) in [5.74, 6) is 1.21. The van der Waals surface area contributed by atoms with Gasteiger partial charge in [0.25, 0.3) is 0 Å². The summed E-state index contributed by atoms with van der Waals surface area (Å²) >= 11 is 1.81. The lowest BCUT2D eigenvalue weighted by molar-refractivity contribution is -0.167. The molecule has 2 aliphatic heterocycles. The maximum atomic E-state index is 13.0. The molecule has 4 rings (SSSR count). The number of likely N-dealkylation sites (tertiary alicyclic amines) is 2. The van der Waals surface area contributed by atoms with E-state index in [2.05, 4.69) is 28.6 Å². The van der Waals surface area contributed by atoms with Crippen LogP contribution >= 0.6 is 11.3 Å². The maximum absolute atomic E-state index is 13.0. The largest absolute Gasteiger partial charge is 0.341 e. The minimum atomic E-state index is -0.0689. The molecule has 0 aromatic carbocycles. The van der Waals surface area contributed by atoms with Crippen molar-refractivity contribution in [2.75, 3.05) is 26.2 Å². The molecule has 25 heavy (non-hydrogen) atoms. The minimum absolute atomic E-state index is 0.0689. The van der Waals surface area contributed by atoms with E-state index in [1.807, 2.05) is 11.3 Å². The Morgan fingerprint density at radius 2 is 1.96 bits per heavy atom. The normalized spacial score (nSPS) is 28.6. The Kier molecular flexibility index (Phi) is 4.89. The number of β-lactam (4-membered cyclic amide) rings is 1. The second-order valence-electron chi connectivity index (χ2n) is 8.53. The van der Waals surface area contributed by atoms with E-state index in [9.17, 15) is 4.79 Å². The van der Waals surface area contributed by atoms with E-state index in [0.29, 0.717) is 5.91 Å². The molecule has 4 nitrogen and oxygen atoms in total. The molecule has 1 aliphatic carbocycles. The van der Waals surface area contributed by atoms with Gasteiger partial charge in [-0.25, -0.2) is 4.98 Å². The predicted molar refractivity (Wildman–Crippen MR) is 102 cm³/mol. The first kappa shape index (κ1) is 17.5. The van der Waals surface area contributed by atoms with E-state index in [-0.39, 0.29) is 5.41 Å². The third-order valence-electron chi connectivity index (χ3n) is 6.46. The van der Waals surface area contributed by atoms with Gasteiger partial charge in [-0.2, -0.15) is 0 Å². The summed E-state index contributed by atoms with van der Waals surface area (Å²) in [4.78, 5) is 23.6. The van der Waals surface area contributed by atoms with Crippen molar-refractivity contribution < 1.29 is 4.79 Å². The van der Waals surface area contributed by atoms with Crippen molar-refractivity contribution in [3.8, 4) is 0 Å². The van der Waals surface area contributed by atoms with Crippen LogP contribution in [-0.4, -0.2) is 46.9 Å². The maximum Gasteiger partial charge on any atom is 0.231 e. The van der Waals surface area contributed by atoms with Crippen LogP contribution in [0.1, 0.15) is 60.5 Å². The number of piperidine rings is 1. The molecular weight excluding hydrogens is 330 g/mol. The average molecular weight is 362 g/mol. The number of carbonyl (C=O) groups excluding carboxylic acids is 1. The van der Waals surface area contributed by atoms with Gasteiger partial charge in [0.15, 0.2) is 0 Å². The van der Waals surface area contributed by atoms with E-state index >= 15 is 0 Å². The fourth-order valence-corrected chi connectivity index (χ4v) is 6.15. The van der Waals surface area contributed by atoms with Gasteiger partial charge in [0.05, 0.1) is 16.1 Å². The Bertz CT molecular complexity index is 637. The third-order valence-corrected chi connectivity index (χ3v) is 7.52. The lowest BCUT2D eigenvalue weighted by Crippen LogP contribution is -2.67. The second-order valence-corrected chi connectivity index (χ2v) is 9.81. The fraction of sp³-hybridized carbons (Fsp3) is 0.800. The predicted octanol–water partition coefficient (Wildman–Crippen LogP) is 3.76. The summed E-state index contributed by atoms with van der Waals surface area (Å²) < 4.78 is 0. The molecule has 1 aromatic heterocycles. The summed E-state index contributed by atoms with van der Waals surface area (Å²) in [6.45, 7) is 9.25. The zero-order chi connectivity index (χ0) is 17.4. The number of nitrogens with zero attached hydrogens (tertiary/aromatic N) is 3. The van der Waals surface area contributed by atoms with E-state index in [0.717, 1.165) is 56.5 Å². The summed E-state index contributed by atoms with van der Waals surface area (Å²) in [6, 6.07) is 0. The van der Waals surface area contributed by atoms with Crippen LogP contribution in [0.25, 0.3) is 0 Å². The molecule has 5 heteroatoms. The topological polar surface area (TPSA) is 36.4 Å². The van der Waals surface area contributed by atoms with Crippen LogP contribution in [-0.2, 0) is 11.3 Å². The van der Waals surface area contributed by atoms with Gasteiger partial charge < -0.3 is 4.90 Å². The zero-order valence-electron chi connectivity index (χ0n) is 15.7. The lowest BCUT2D eigenvalue weighted by Gasteiger charge is -2.54. The van der Waals surface area contributed by atoms with Crippen molar-refractivity contribution in [2.24, 2.45) is 11.3 Å². The summed E-state index contributed by atoms with van der Waals surface area (Å²) in [6.07, 6.45) is 9.00. The number of carbonyl (C=O) groups is 1. The average Bonchev–Trinajstić information content (AvgIpc) is 2.93. The van der Waals surface area contributed by atoms with Gasteiger partial charge in [-0.3, -0.25) is 9.69 Å². The number of aromatic nitrogens is 1. The summed E-state index contributed by atoms with van der Waals surface area (Å²) in [5.41, 5.74) is 1.10. The standard InChI is InChI=1S/C20H31N3OS/c1-15-18(25-16(2)21-15)12-22-10-6-9-20(13-22)14-23(19(20)24)11-17-7-4-3-5-8-17/h17H,3-14H2,1-2H3. The van der Waals surface area contributed by atoms with Gasteiger partial charge in [-0.1, -0.05) is 19.3 Å². The van der Waals surface area contributed by atoms with Crippen LogP contribution in [0.2, 0.25) is 0 Å². The molecule has 1 unspecified atom stereocenters. The van der Waals surface area contributed by atoms with Gasteiger partial charge in [0.2, 0.25) is 5.91 Å². The Balaban J connectivity index is 1.35. The first-order valence-electron chi connectivity index (χ1n) is 10.0. The monoisotopic (exact) mass is 361 g/mol. The number of thiazole rings is 1. The van der Waals surface area contributed by atoms with Crippen LogP contribution < -0.4 is 0 Å². The van der Waals surface area contributed by atoms with Crippen molar-refractivity contribution in [2.45, 2.75) is 65.3 Å². The number of hydrogen-bond donors (Lipinski definition) is 0. The number of hydrogen-bond acceptors (Lipinski definition) is 4. The van der Waals surface area contributed by atoms with Gasteiger partial charge in [0.1, 0.15) is 0 Å². The van der Waals surface area contributed by atoms with E-state index < -0.39 is 0 Å². The van der Waals surface area contributed by atoms with Gasteiger partial charge in [-0.15, -0.1) is 11.3 Å². The van der Waals surface area contributed by atoms with E-state index in [1.165, 1.54) is 42.7 Å². The Morgan fingerprint density at radius 1 is 1.16 bits per heavy atom. The van der Waals surface area contributed by atoms with Crippen LogP contribution in [0, 0.1) is 25.2 Å². The molecule has 138 valence electrons. The Hall–Kier alpha value is -0.940. The van der Waals surface area contributed by atoms with Crippen molar-refractivity contribution in [1.82, 2.24) is 14.8 Å². The Morgan fingerprint density at radius 3 is 2.64 bits per heavy atom. The molecule has 1 aromatic rings. The van der Waals surface area contributed by atoms with Crippen molar-refractivity contribution >= 4 is 17.2 Å². The highest BCUT2D eigenvalue weighted by atomic mass is 32.1. The van der Waals surface area contributed by atoms with Gasteiger partial charge in [0, 0.05) is 31.1 Å². The van der Waals surface area contributed by atoms with Crippen molar-refractivity contribution in [3.63, 3.8) is 0 Å². The smallest absolute Gasteiger partial charge is 0.231 e. The van der Waals surface area contributed by atoms with Crippen LogP contribution in [0.3, 0.4) is 0 Å². The lowest BCUT2D eigenvalue weighted by atomic mass is 9.71. The molecule has 0 radical (unpaired) electrons. The molecule has 1 spiro atoms. The highest BCUT2D eigenvalue weighted by Gasteiger charge is 2.53. The van der Waals surface area contributed by atoms with Gasteiger partial charge >= 0.3 is 0 Å². The molecular formula is C20H31N3OS. The molecule has 0 bridgehead atoms. The molecule has 1 saturated carbocycles. The van der Waals surface area contributed by atoms with Crippen LogP contribution in [0.15, 0.2) is 0 Å². The van der Waals surface area contributed by atoms with E-state index in [1.54, 1.807) is 0 Å². The molecule has 2 saturated heterocycles. The first-order chi connectivity index (χ1) is 12.1. The number of rotatable bonds is 4. The Labute approximate surface area is 155 Å². The van der Waals surface area contributed by atoms with Crippen molar-refractivity contribution in [3.05, 3.63) is 15.6 Å². The SMILES string of the molecule is Cc1nc(C)c(CN2CCCC3(C2)CN(CC2CCCCC2)C3=O)s1. The van der Waals surface area contributed by atoms with Gasteiger partial charge in [-0.05, 0) is 52.0 Å². The third kappa shape index (κ3) is 3.50. The zero-order valence-corrected chi connectivity index (χ0v) is 16.5. The highest BCUT2D eigenvalue weighted by molar-refractivity contribution is 7.11. The summed E-state index contributed by atoms with van der Waals surface area (Å²) in [7, 11) is 0. The van der Waals surface area contributed by atoms with Crippen LogP contribution in [0.5, 0.6) is 0 Å². The molecule has 3 heterocycles. The first-order valence-corrected chi connectivity index (χ1v) is 10.8. The van der Waals surface area contributed by atoms with E-state index in [4.69, 9.17) is 0 Å². The second kappa shape index (κ2) is 6.99. The molecule has 0 N–H and O–H groups in total. The number of aryl methyl sites for hydroxylation is 2. The molecule has 1 atom stereocenters. The minimum Gasteiger partial charge on any atom is -0.341 e. The molecule has 3 fully saturated rings. The highest BCUT2D eigenvalue weighted by Crippen LogP contribution is 2.42. The quantitative estimate of drug-likeness (QED) is 0.766. The summed E-state index contributed by atoms with van der Waals surface area (Å²) in [5, 5.41) is 1.15. The number of amides is 1.